The predicted molar refractivity (Wildman–Crippen MR) is 48.6 cm³/mol. The highest BCUT2D eigenvalue weighted by Gasteiger charge is 2.01. The fraction of sp³-hybridized carbons (Fsp3) is 0.111. The zero-order chi connectivity index (χ0) is 9.97. The summed E-state index contributed by atoms with van der Waals surface area (Å²) in [4.78, 5) is 0. The molecular weight excluding hydrogens is 178 g/mol. The summed E-state index contributed by atoms with van der Waals surface area (Å²) in [6.45, 7) is 1.88. The number of tetrazole rings is 1. The Morgan fingerprint density at radius 3 is 2.86 bits per heavy atom. The highest BCUT2D eigenvalue weighted by Crippen LogP contribution is 2.12. The number of hydrogen-bond acceptors (Lipinski definition) is 4. The van der Waals surface area contributed by atoms with Gasteiger partial charge in [-0.25, -0.2) is 4.68 Å². The first-order valence-corrected chi connectivity index (χ1v) is 4.05. The molecule has 0 saturated carbocycles. The Hall–Kier alpha value is -2.22. The summed E-state index contributed by atoms with van der Waals surface area (Å²) in [7, 11) is 0. The van der Waals surface area contributed by atoms with Crippen LogP contribution < -0.4 is 0 Å². The van der Waals surface area contributed by atoms with Crippen molar-refractivity contribution in [3.63, 3.8) is 0 Å². The molecule has 0 unspecified atom stereocenters. The Morgan fingerprint density at radius 2 is 2.29 bits per heavy atom. The normalized spacial score (nSPS) is 9.71. The zero-order valence-corrected chi connectivity index (χ0v) is 7.55. The lowest BCUT2D eigenvalue weighted by Gasteiger charge is -2.01. The van der Waals surface area contributed by atoms with Gasteiger partial charge in [-0.3, -0.25) is 0 Å². The molecule has 0 atom stereocenters. The molecule has 0 bridgehead atoms. The average Bonchev–Trinajstić information content (AvgIpc) is 2.70. The lowest BCUT2D eigenvalue weighted by molar-refractivity contribution is 0.788. The van der Waals surface area contributed by atoms with E-state index in [0.717, 1.165) is 11.3 Å². The minimum Gasteiger partial charge on any atom is -0.201 e. The summed E-state index contributed by atoms with van der Waals surface area (Å²) in [6, 6.07) is 7.54. The summed E-state index contributed by atoms with van der Waals surface area (Å²) in [5.41, 5.74) is 2.44. The van der Waals surface area contributed by atoms with E-state index < -0.39 is 0 Å². The van der Waals surface area contributed by atoms with E-state index in [1.54, 1.807) is 10.7 Å². The van der Waals surface area contributed by atoms with Crippen molar-refractivity contribution < 1.29 is 0 Å². The third-order valence-electron chi connectivity index (χ3n) is 1.94. The SMILES string of the molecule is Cc1cc(-n2cnnn2)ccc1C#N. The van der Waals surface area contributed by atoms with Crippen LogP contribution in [0.15, 0.2) is 24.5 Å². The number of nitrogens with zero attached hydrogens (tertiary/aromatic N) is 5. The number of benzene rings is 1. The third-order valence-corrected chi connectivity index (χ3v) is 1.94. The molecule has 1 aromatic heterocycles. The quantitative estimate of drug-likeness (QED) is 0.660. The average molecular weight is 185 g/mol. The summed E-state index contributed by atoms with van der Waals surface area (Å²) < 4.78 is 1.55. The van der Waals surface area contributed by atoms with Gasteiger partial charge in [0, 0.05) is 0 Å². The molecule has 0 amide bonds. The van der Waals surface area contributed by atoms with Gasteiger partial charge in [-0.1, -0.05) is 0 Å². The van der Waals surface area contributed by atoms with Crippen LogP contribution in [0.25, 0.3) is 5.69 Å². The molecule has 2 aromatic rings. The molecule has 5 heteroatoms. The molecule has 1 aromatic carbocycles. The summed E-state index contributed by atoms with van der Waals surface area (Å²) in [5, 5.41) is 19.6. The van der Waals surface area contributed by atoms with Crippen molar-refractivity contribution in [2.24, 2.45) is 0 Å². The molecule has 5 nitrogen and oxygen atoms in total. The second kappa shape index (κ2) is 3.26. The van der Waals surface area contributed by atoms with Crippen molar-refractivity contribution in [2.75, 3.05) is 0 Å². The summed E-state index contributed by atoms with van der Waals surface area (Å²) >= 11 is 0. The van der Waals surface area contributed by atoms with Gasteiger partial charge in [-0.05, 0) is 41.1 Å². The fourth-order valence-corrected chi connectivity index (χ4v) is 1.20. The van der Waals surface area contributed by atoms with E-state index in [0.29, 0.717) is 5.56 Å². The molecule has 0 radical (unpaired) electrons. The minimum atomic E-state index is 0.668. The number of aromatic nitrogens is 4. The predicted octanol–water partition coefficient (Wildman–Crippen LogP) is 0.842. The third kappa shape index (κ3) is 1.33. The molecule has 68 valence electrons. The molecule has 0 spiro atoms. The Morgan fingerprint density at radius 1 is 1.43 bits per heavy atom. The van der Waals surface area contributed by atoms with Crippen LogP contribution in [0.2, 0.25) is 0 Å². The van der Waals surface area contributed by atoms with E-state index in [9.17, 15) is 0 Å². The summed E-state index contributed by atoms with van der Waals surface area (Å²) in [5.74, 6) is 0. The lowest BCUT2D eigenvalue weighted by Crippen LogP contribution is -1.96. The molecule has 1 heterocycles. The highest BCUT2D eigenvalue weighted by molar-refractivity contribution is 5.44. The lowest BCUT2D eigenvalue weighted by atomic mass is 10.1. The van der Waals surface area contributed by atoms with Gasteiger partial charge in [0.1, 0.15) is 6.33 Å². The van der Waals surface area contributed by atoms with E-state index in [-0.39, 0.29) is 0 Å². The topological polar surface area (TPSA) is 67.4 Å². The van der Waals surface area contributed by atoms with Gasteiger partial charge >= 0.3 is 0 Å². The fourth-order valence-electron chi connectivity index (χ4n) is 1.20. The van der Waals surface area contributed by atoms with Crippen molar-refractivity contribution in [3.8, 4) is 11.8 Å². The van der Waals surface area contributed by atoms with Crippen molar-refractivity contribution in [3.05, 3.63) is 35.7 Å². The largest absolute Gasteiger partial charge is 0.201 e. The van der Waals surface area contributed by atoms with Gasteiger partial charge in [0.25, 0.3) is 0 Å². The van der Waals surface area contributed by atoms with Crippen LogP contribution in [0.1, 0.15) is 11.1 Å². The van der Waals surface area contributed by atoms with Crippen molar-refractivity contribution in [1.29, 1.82) is 5.26 Å². The van der Waals surface area contributed by atoms with Crippen LogP contribution in [0.5, 0.6) is 0 Å². The van der Waals surface area contributed by atoms with E-state index >= 15 is 0 Å². The summed E-state index contributed by atoms with van der Waals surface area (Å²) in [6.07, 6.45) is 1.51. The Bertz CT molecular complexity index is 480. The highest BCUT2D eigenvalue weighted by atomic mass is 15.5. The maximum Gasteiger partial charge on any atom is 0.143 e. The van der Waals surface area contributed by atoms with Crippen molar-refractivity contribution >= 4 is 0 Å². The van der Waals surface area contributed by atoms with Gasteiger partial charge in [0.05, 0.1) is 17.3 Å². The van der Waals surface area contributed by atoms with E-state index in [1.165, 1.54) is 6.33 Å². The van der Waals surface area contributed by atoms with E-state index in [2.05, 4.69) is 21.6 Å². The van der Waals surface area contributed by atoms with Gasteiger partial charge in [0.15, 0.2) is 0 Å². The Labute approximate surface area is 80.6 Å². The van der Waals surface area contributed by atoms with E-state index in [1.807, 2.05) is 19.1 Å². The molecular formula is C9H7N5. The molecule has 0 aliphatic rings. The van der Waals surface area contributed by atoms with E-state index in [4.69, 9.17) is 5.26 Å². The molecule has 0 aliphatic heterocycles. The van der Waals surface area contributed by atoms with Crippen LogP contribution in [-0.4, -0.2) is 20.2 Å². The van der Waals surface area contributed by atoms with Crippen LogP contribution in [0.3, 0.4) is 0 Å². The first-order valence-electron chi connectivity index (χ1n) is 4.05. The Kier molecular flexibility index (Phi) is 1.95. The van der Waals surface area contributed by atoms with Gasteiger partial charge in [-0.15, -0.1) is 5.10 Å². The van der Waals surface area contributed by atoms with Gasteiger partial charge in [0.2, 0.25) is 0 Å². The molecule has 14 heavy (non-hydrogen) atoms. The standard InChI is InChI=1S/C9H7N5/c1-7-4-9(3-2-8(7)5-10)14-6-11-12-13-14/h2-4,6H,1H3. The maximum absolute atomic E-state index is 8.74. The van der Waals surface area contributed by atoms with Gasteiger partial charge < -0.3 is 0 Å². The molecule has 0 N–H and O–H groups in total. The van der Waals surface area contributed by atoms with Crippen molar-refractivity contribution in [2.45, 2.75) is 6.92 Å². The molecule has 0 fully saturated rings. The zero-order valence-electron chi connectivity index (χ0n) is 7.55. The maximum atomic E-state index is 8.74. The molecule has 0 saturated heterocycles. The van der Waals surface area contributed by atoms with Crippen LogP contribution >= 0.6 is 0 Å². The second-order valence-electron chi connectivity index (χ2n) is 2.87. The van der Waals surface area contributed by atoms with Crippen LogP contribution in [0, 0.1) is 18.3 Å². The van der Waals surface area contributed by atoms with Crippen molar-refractivity contribution in [1.82, 2.24) is 20.2 Å². The monoisotopic (exact) mass is 185 g/mol. The van der Waals surface area contributed by atoms with Crippen LogP contribution in [0.4, 0.5) is 0 Å². The number of hydrogen-bond donors (Lipinski definition) is 0. The number of rotatable bonds is 1. The molecule has 0 aliphatic carbocycles. The second-order valence-corrected chi connectivity index (χ2v) is 2.87. The Balaban J connectivity index is 2.49. The minimum absolute atomic E-state index is 0.668. The van der Waals surface area contributed by atoms with Crippen LogP contribution in [-0.2, 0) is 0 Å². The van der Waals surface area contributed by atoms with Gasteiger partial charge in [-0.2, -0.15) is 5.26 Å². The molecule has 2 rings (SSSR count). The first kappa shape index (κ1) is 8.38. The number of nitriles is 1. The number of aryl methyl sites for hydroxylation is 1. The first-order chi connectivity index (χ1) is 6.81. The smallest absolute Gasteiger partial charge is 0.143 e.